The molecular formula is C18H12ClF4N3O. The van der Waals surface area contributed by atoms with Crippen LogP contribution in [-0.4, -0.2) is 16.1 Å². The fraction of sp³-hybridized carbons (Fsp3) is 0.111. The quantitative estimate of drug-likeness (QED) is 0.603. The van der Waals surface area contributed by atoms with Crippen molar-refractivity contribution < 1.29 is 22.4 Å². The van der Waals surface area contributed by atoms with Crippen LogP contribution >= 0.6 is 11.6 Å². The Morgan fingerprint density at radius 3 is 2.67 bits per heavy atom. The van der Waals surface area contributed by atoms with Crippen LogP contribution in [-0.2, 0) is 6.54 Å². The molecule has 0 saturated carbocycles. The zero-order chi connectivity index (χ0) is 19.6. The summed E-state index contributed by atoms with van der Waals surface area (Å²) in [6.45, 7) is -0.144. The number of nitrogens with one attached hydrogen (secondary N) is 2. The molecule has 0 atom stereocenters. The van der Waals surface area contributed by atoms with E-state index in [0.29, 0.717) is 16.7 Å². The van der Waals surface area contributed by atoms with Gasteiger partial charge in [-0.2, -0.15) is 5.10 Å². The van der Waals surface area contributed by atoms with E-state index in [4.69, 9.17) is 11.6 Å². The van der Waals surface area contributed by atoms with Crippen molar-refractivity contribution in [1.29, 1.82) is 0 Å². The second-order valence-electron chi connectivity index (χ2n) is 5.61. The first-order chi connectivity index (χ1) is 12.9. The molecule has 3 aromatic rings. The van der Waals surface area contributed by atoms with Gasteiger partial charge < -0.3 is 5.32 Å². The standard InChI is InChI=1S/C18H12ClF4N3O/c19-14-6-9(1-4-15(14)21)12-3-2-11(20)5-10(12)7-24-18(27)13-8-25-26-16(13)17(22)23/h1-6,8,17H,7H2,(H,24,27)(H,25,26). The van der Waals surface area contributed by atoms with E-state index < -0.39 is 29.7 Å². The number of aromatic amines is 1. The molecule has 140 valence electrons. The predicted octanol–water partition coefficient (Wildman–Crippen LogP) is 4.88. The fourth-order valence-electron chi connectivity index (χ4n) is 2.57. The first-order valence-corrected chi connectivity index (χ1v) is 8.08. The molecule has 4 nitrogen and oxygen atoms in total. The van der Waals surface area contributed by atoms with Crippen molar-refractivity contribution in [3.63, 3.8) is 0 Å². The average molecular weight is 398 g/mol. The average Bonchev–Trinajstić information content (AvgIpc) is 3.12. The van der Waals surface area contributed by atoms with Crippen molar-refractivity contribution in [1.82, 2.24) is 15.5 Å². The molecule has 0 saturated heterocycles. The van der Waals surface area contributed by atoms with Crippen LogP contribution in [0, 0.1) is 11.6 Å². The van der Waals surface area contributed by atoms with Gasteiger partial charge in [0, 0.05) is 6.54 Å². The molecule has 27 heavy (non-hydrogen) atoms. The highest BCUT2D eigenvalue weighted by molar-refractivity contribution is 6.31. The van der Waals surface area contributed by atoms with Crippen LogP contribution in [0.4, 0.5) is 17.6 Å². The molecule has 0 fully saturated rings. The number of carbonyl (C=O) groups is 1. The maximum atomic E-state index is 13.7. The smallest absolute Gasteiger partial charge is 0.280 e. The molecule has 1 heterocycles. The van der Waals surface area contributed by atoms with Crippen molar-refractivity contribution in [2.75, 3.05) is 0 Å². The van der Waals surface area contributed by atoms with E-state index >= 15 is 0 Å². The molecule has 0 spiro atoms. The zero-order valence-corrected chi connectivity index (χ0v) is 14.3. The molecule has 2 aromatic carbocycles. The molecule has 3 rings (SSSR count). The van der Waals surface area contributed by atoms with Gasteiger partial charge in [0.2, 0.25) is 0 Å². The number of hydrogen-bond donors (Lipinski definition) is 2. The Hall–Kier alpha value is -2.87. The van der Waals surface area contributed by atoms with Gasteiger partial charge in [-0.3, -0.25) is 9.89 Å². The highest BCUT2D eigenvalue weighted by atomic mass is 35.5. The molecule has 0 aliphatic rings. The van der Waals surface area contributed by atoms with Gasteiger partial charge in [0.15, 0.2) is 0 Å². The number of aromatic nitrogens is 2. The minimum atomic E-state index is -2.89. The van der Waals surface area contributed by atoms with Gasteiger partial charge in [0.25, 0.3) is 12.3 Å². The van der Waals surface area contributed by atoms with Crippen molar-refractivity contribution >= 4 is 17.5 Å². The SMILES string of the molecule is O=C(NCc1cc(F)ccc1-c1ccc(F)c(Cl)c1)c1cn[nH]c1C(F)F. The van der Waals surface area contributed by atoms with Gasteiger partial charge >= 0.3 is 0 Å². The van der Waals surface area contributed by atoms with E-state index in [0.717, 1.165) is 6.20 Å². The Bertz CT molecular complexity index is 990. The predicted molar refractivity (Wildman–Crippen MR) is 91.5 cm³/mol. The van der Waals surface area contributed by atoms with Gasteiger partial charge in [-0.1, -0.05) is 23.7 Å². The number of halogens is 5. The Morgan fingerprint density at radius 1 is 1.19 bits per heavy atom. The number of hydrogen-bond acceptors (Lipinski definition) is 2. The second kappa shape index (κ2) is 7.79. The molecule has 0 aliphatic carbocycles. The van der Waals surface area contributed by atoms with Crippen molar-refractivity contribution in [3.05, 3.63) is 76.1 Å². The third-order valence-electron chi connectivity index (χ3n) is 3.87. The summed E-state index contributed by atoms with van der Waals surface area (Å²) < 4.78 is 52.7. The molecule has 0 aliphatic heterocycles. The minimum Gasteiger partial charge on any atom is -0.348 e. The first kappa shape index (κ1) is 18.9. The van der Waals surface area contributed by atoms with Gasteiger partial charge in [-0.05, 0) is 41.0 Å². The van der Waals surface area contributed by atoms with Gasteiger partial charge in [0.05, 0.1) is 16.8 Å². The number of benzene rings is 2. The summed E-state index contributed by atoms with van der Waals surface area (Å²) in [5.41, 5.74) is 0.500. The summed E-state index contributed by atoms with van der Waals surface area (Å²) in [4.78, 5) is 12.2. The number of H-pyrrole nitrogens is 1. The van der Waals surface area contributed by atoms with Crippen LogP contribution < -0.4 is 5.32 Å². The lowest BCUT2D eigenvalue weighted by Gasteiger charge is -2.12. The minimum absolute atomic E-state index is 0.105. The maximum Gasteiger partial charge on any atom is 0.280 e. The lowest BCUT2D eigenvalue weighted by Crippen LogP contribution is -2.24. The molecule has 1 aromatic heterocycles. The van der Waals surface area contributed by atoms with Crippen LogP contribution in [0.5, 0.6) is 0 Å². The number of rotatable bonds is 5. The molecule has 9 heteroatoms. The van der Waals surface area contributed by atoms with Crippen LogP contribution in [0.3, 0.4) is 0 Å². The summed E-state index contributed by atoms with van der Waals surface area (Å²) in [6, 6.07) is 7.87. The largest absolute Gasteiger partial charge is 0.348 e. The summed E-state index contributed by atoms with van der Waals surface area (Å²) >= 11 is 5.79. The van der Waals surface area contributed by atoms with Crippen LogP contribution in [0.1, 0.15) is 28.0 Å². The number of nitrogens with zero attached hydrogens (tertiary/aromatic N) is 1. The first-order valence-electron chi connectivity index (χ1n) is 7.70. The van der Waals surface area contributed by atoms with Gasteiger partial charge in [-0.25, -0.2) is 17.6 Å². The topological polar surface area (TPSA) is 57.8 Å². The highest BCUT2D eigenvalue weighted by Gasteiger charge is 2.21. The number of carbonyl (C=O) groups excluding carboxylic acids is 1. The van der Waals surface area contributed by atoms with Crippen molar-refractivity contribution in [2.24, 2.45) is 0 Å². The third kappa shape index (κ3) is 4.11. The molecule has 0 radical (unpaired) electrons. The van der Waals surface area contributed by atoms with E-state index in [1.165, 1.54) is 36.4 Å². The van der Waals surface area contributed by atoms with Crippen molar-refractivity contribution in [3.8, 4) is 11.1 Å². The Balaban J connectivity index is 1.86. The van der Waals surface area contributed by atoms with Gasteiger partial charge in [-0.15, -0.1) is 0 Å². The third-order valence-corrected chi connectivity index (χ3v) is 4.16. The fourth-order valence-corrected chi connectivity index (χ4v) is 2.75. The molecule has 2 N–H and O–H groups in total. The van der Waals surface area contributed by atoms with E-state index in [2.05, 4.69) is 15.5 Å². The summed E-state index contributed by atoms with van der Waals surface area (Å²) in [5.74, 6) is -1.93. The lowest BCUT2D eigenvalue weighted by molar-refractivity contribution is 0.0936. The van der Waals surface area contributed by atoms with E-state index in [1.807, 2.05) is 0 Å². The van der Waals surface area contributed by atoms with E-state index in [9.17, 15) is 22.4 Å². The van der Waals surface area contributed by atoms with Crippen LogP contribution in [0.2, 0.25) is 5.02 Å². The Labute approximate surface area is 156 Å². The van der Waals surface area contributed by atoms with Crippen molar-refractivity contribution in [2.45, 2.75) is 13.0 Å². The van der Waals surface area contributed by atoms with Crippen LogP contribution in [0.15, 0.2) is 42.6 Å². The highest BCUT2D eigenvalue weighted by Crippen LogP contribution is 2.28. The molecule has 0 unspecified atom stereocenters. The number of alkyl halides is 2. The maximum absolute atomic E-state index is 13.7. The normalized spacial score (nSPS) is 11.0. The van der Waals surface area contributed by atoms with E-state index in [-0.39, 0.29) is 17.1 Å². The lowest BCUT2D eigenvalue weighted by atomic mass is 9.99. The summed E-state index contributed by atoms with van der Waals surface area (Å²) in [5, 5.41) is 7.86. The molecular weight excluding hydrogens is 386 g/mol. The monoisotopic (exact) mass is 397 g/mol. The summed E-state index contributed by atoms with van der Waals surface area (Å²) in [6.07, 6.45) is -1.90. The number of amides is 1. The Kier molecular flexibility index (Phi) is 5.46. The van der Waals surface area contributed by atoms with E-state index in [1.54, 1.807) is 0 Å². The van der Waals surface area contributed by atoms with Crippen LogP contribution in [0.25, 0.3) is 11.1 Å². The molecule has 0 bridgehead atoms. The zero-order valence-electron chi connectivity index (χ0n) is 13.6. The van der Waals surface area contributed by atoms with Gasteiger partial charge in [0.1, 0.15) is 17.3 Å². The Morgan fingerprint density at radius 2 is 1.96 bits per heavy atom. The second-order valence-corrected chi connectivity index (χ2v) is 6.02. The molecule has 1 amide bonds. The summed E-state index contributed by atoms with van der Waals surface area (Å²) in [7, 11) is 0.